The molecule has 0 spiro atoms. The van der Waals surface area contributed by atoms with Crippen LogP contribution in [0.15, 0.2) is 36.4 Å². The van der Waals surface area contributed by atoms with Gasteiger partial charge in [-0.3, -0.25) is 9.59 Å². The Balaban J connectivity index is 1.60. The molecule has 0 aromatic heterocycles. The van der Waals surface area contributed by atoms with Crippen LogP contribution in [-0.4, -0.2) is 25.0 Å². The number of carbonyl (C=O) groups excluding carboxylic acids is 2. The molecule has 1 aliphatic rings. The highest BCUT2D eigenvalue weighted by molar-refractivity contribution is 6.35. The van der Waals surface area contributed by atoms with Gasteiger partial charge in [0, 0.05) is 21.8 Å². The SMILES string of the molecule is O=C(COc1ccc2c(c1)NC(=O)CO2)Nc1cc(Cl)cc(Cl)c1. The Bertz CT molecular complexity index is 790. The summed E-state index contributed by atoms with van der Waals surface area (Å²) in [6.07, 6.45) is 0. The standard InChI is InChI=1S/C16H12Cl2N2O4/c17-9-3-10(18)5-11(4-9)19-15(21)7-23-12-1-2-14-13(6-12)20-16(22)8-24-14/h1-6H,7-8H2,(H,19,21)(H,20,22). The van der Waals surface area contributed by atoms with Gasteiger partial charge in [0.15, 0.2) is 13.2 Å². The summed E-state index contributed by atoms with van der Waals surface area (Å²) < 4.78 is 10.7. The quantitative estimate of drug-likeness (QED) is 0.869. The number of rotatable bonds is 4. The second-order valence-corrected chi connectivity index (χ2v) is 5.86. The van der Waals surface area contributed by atoms with Crippen molar-refractivity contribution >= 4 is 46.4 Å². The lowest BCUT2D eigenvalue weighted by molar-refractivity contribution is -0.119. The van der Waals surface area contributed by atoms with Gasteiger partial charge in [0.25, 0.3) is 11.8 Å². The average molecular weight is 367 g/mol. The number of amides is 2. The smallest absolute Gasteiger partial charge is 0.262 e. The number of halogens is 2. The summed E-state index contributed by atoms with van der Waals surface area (Å²) in [7, 11) is 0. The number of nitrogens with one attached hydrogen (secondary N) is 2. The third-order valence-corrected chi connectivity index (χ3v) is 3.54. The lowest BCUT2D eigenvalue weighted by Gasteiger charge is -2.18. The minimum Gasteiger partial charge on any atom is -0.484 e. The molecule has 1 heterocycles. The van der Waals surface area contributed by atoms with Crippen LogP contribution in [-0.2, 0) is 9.59 Å². The number of ether oxygens (including phenoxy) is 2. The largest absolute Gasteiger partial charge is 0.484 e. The van der Waals surface area contributed by atoms with Gasteiger partial charge in [0.1, 0.15) is 11.5 Å². The van der Waals surface area contributed by atoms with Crippen molar-refractivity contribution in [1.82, 2.24) is 0 Å². The van der Waals surface area contributed by atoms with Crippen LogP contribution in [0.5, 0.6) is 11.5 Å². The van der Waals surface area contributed by atoms with Gasteiger partial charge >= 0.3 is 0 Å². The fraction of sp³-hybridized carbons (Fsp3) is 0.125. The fourth-order valence-electron chi connectivity index (χ4n) is 2.12. The van der Waals surface area contributed by atoms with Gasteiger partial charge < -0.3 is 20.1 Å². The van der Waals surface area contributed by atoms with Crippen molar-refractivity contribution in [3.05, 3.63) is 46.4 Å². The molecule has 0 aliphatic carbocycles. The van der Waals surface area contributed by atoms with E-state index >= 15 is 0 Å². The predicted molar refractivity (Wildman–Crippen MR) is 91.2 cm³/mol. The van der Waals surface area contributed by atoms with E-state index in [1.165, 1.54) is 0 Å². The van der Waals surface area contributed by atoms with E-state index in [2.05, 4.69) is 10.6 Å². The molecule has 0 bridgehead atoms. The first kappa shape index (κ1) is 16.4. The topological polar surface area (TPSA) is 76.7 Å². The molecule has 124 valence electrons. The zero-order chi connectivity index (χ0) is 17.1. The van der Waals surface area contributed by atoms with Gasteiger partial charge in [-0.25, -0.2) is 0 Å². The Kier molecular flexibility index (Phi) is 4.78. The lowest BCUT2D eigenvalue weighted by Crippen LogP contribution is -2.25. The molecular formula is C16H12Cl2N2O4. The van der Waals surface area contributed by atoms with Crippen LogP contribution in [0.1, 0.15) is 0 Å². The molecule has 0 unspecified atom stereocenters. The van der Waals surface area contributed by atoms with E-state index < -0.39 is 0 Å². The maximum Gasteiger partial charge on any atom is 0.262 e. The summed E-state index contributed by atoms with van der Waals surface area (Å²) >= 11 is 11.7. The predicted octanol–water partition coefficient (Wildman–Crippen LogP) is 3.34. The normalized spacial score (nSPS) is 12.7. The highest BCUT2D eigenvalue weighted by Gasteiger charge is 2.16. The van der Waals surface area contributed by atoms with Gasteiger partial charge in [-0.05, 0) is 30.3 Å². The Labute approximate surface area is 147 Å². The van der Waals surface area contributed by atoms with E-state index in [1.54, 1.807) is 36.4 Å². The van der Waals surface area contributed by atoms with E-state index in [4.69, 9.17) is 32.7 Å². The molecule has 0 fully saturated rings. The molecule has 2 aromatic carbocycles. The second kappa shape index (κ2) is 6.98. The third kappa shape index (κ3) is 4.10. The Hall–Kier alpha value is -2.44. The Morgan fingerprint density at radius 2 is 1.96 bits per heavy atom. The molecule has 0 atom stereocenters. The summed E-state index contributed by atoms with van der Waals surface area (Å²) in [6.45, 7) is -0.227. The van der Waals surface area contributed by atoms with E-state index in [-0.39, 0.29) is 25.0 Å². The fourth-order valence-corrected chi connectivity index (χ4v) is 2.65. The number of benzene rings is 2. The van der Waals surface area contributed by atoms with E-state index in [9.17, 15) is 9.59 Å². The first-order chi connectivity index (χ1) is 11.5. The molecule has 8 heteroatoms. The summed E-state index contributed by atoms with van der Waals surface area (Å²) in [5.74, 6) is 0.375. The minimum atomic E-state index is -0.369. The second-order valence-electron chi connectivity index (χ2n) is 4.99. The van der Waals surface area contributed by atoms with Crippen molar-refractivity contribution in [2.45, 2.75) is 0 Å². The van der Waals surface area contributed by atoms with Crippen LogP contribution in [0.2, 0.25) is 10.0 Å². The summed E-state index contributed by atoms with van der Waals surface area (Å²) in [5.41, 5.74) is 0.984. The molecule has 0 saturated heterocycles. The summed E-state index contributed by atoms with van der Waals surface area (Å²) in [6, 6.07) is 9.64. The Morgan fingerprint density at radius 3 is 2.71 bits per heavy atom. The molecule has 0 radical (unpaired) electrons. The monoisotopic (exact) mass is 366 g/mol. The Morgan fingerprint density at radius 1 is 1.21 bits per heavy atom. The van der Waals surface area contributed by atoms with Gasteiger partial charge in [-0.2, -0.15) is 0 Å². The molecule has 24 heavy (non-hydrogen) atoms. The van der Waals surface area contributed by atoms with Gasteiger partial charge in [-0.15, -0.1) is 0 Å². The number of fused-ring (bicyclic) bond motifs is 1. The summed E-state index contributed by atoms with van der Waals surface area (Å²) in [5, 5.41) is 6.14. The van der Waals surface area contributed by atoms with Gasteiger partial charge in [0.05, 0.1) is 5.69 Å². The van der Waals surface area contributed by atoms with E-state index in [1.807, 2.05) is 0 Å². The number of carbonyl (C=O) groups is 2. The van der Waals surface area contributed by atoms with Crippen LogP contribution in [0, 0.1) is 0 Å². The molecule has 2 N–H and O–H groups in total. The molecular weight excluding hydrogens is 355 g/mol. The minimum absolute atomic E-state index is 0.0161. The maximum absolute atomic E-state index is 11.9. The van der Waals surface area contributed by atoms with Gasteiger partial charge in [0.2, 0.25) is 0 Å². The van der Waals surface area contributed by atoms with Crippen molar-refractivity contribution < 1.29 is 19.1 Å². The summed E-state index contributed by atoms with van der Waals surface area (Å²) in [4.78, 5) is 23.2. The van der Waals surface area contributed by atoms with Crippen molar-refractivity contribution in [2.24, 2.45) is 0 Å². The average Bonchev–Trinajstić information content (AvgIpc) is 2.51. The van der Waals surface area contributed by atoms with Crippen LogP contribution in [0.25, 0.3) is 0 Å². The number of anilines is 2. The van der Waals surface area contributed by atoms with Gasteiger partial charge in [-0.1, -0.05) is 23.2 Å². The van der Waals surface area contributed by atoms with Crippen LogP contribution < -0.4 is 20.1 Å². The van der Waals surface area contributed by atoms with Crippen molar-refractivity contribution in [1.29, 1.82) is 0 Å². The first-order valence-electron chi connectivity index (χ1n) is 6.95. The van der Waals surface area contributed by atoms with Crippen molar-refractivity contribution in [3.8, 4) is 11.5 Å². The van der Waals surface area contributed by atoms with Crippen LogP contribution in [0.4, 0.5) is 11.4 Å². The molecule has 6 nitrogen and oxygen atoms in total. The lowest BCUT2D eigenvalue weighted by atomic mass is 10.2. The molecule has 0 saturated carbocycles. The zero-order valence-electron chi connectivity index (χ0n) is 12.3. The van der Waals surface area contributed by atoms with E-state index in [0.29, 0.717) is 32.9 Å². The molecule has 3 rings (SSSR count). The van der Waals surface area contributed by atoms with E-state index in [0.717, 1.165) is 0 Å². The molecule has 2 aromatic rings. The zero-order valence-corrected chi connectivity index (χ0v) is 13.8. The molecule has 2 amide bonds. The highest BCUT2D eigenvalue weighted by atomic mass is 35.5. The highest BCUT2D eigenvalue weighted by Crippen LogP contribution is 2.31. The van der Waals surface area contributed by atoms with Crippen LogP contribution in [0.3, 0.4) is 0 Å². The van der Waals surface area contributed by atoms with Crippen LogP contribution >= 0.6 is 23.2 Å². The first-order valence-corrected chi connectivity index (χ1v) is 7.70. The molecule has 1 aliphatic heterocycles. The number of hydrogen-bond donors (Lipinski definition) is 2. The third-order valence-electron chi connectivity index (χ3n) is 3.10. The van der Waals surface area contributed by atoms with Crippen molar-refractivity contribution in [2.75, 3.05) is 23.8 Å². The maximum atomic E-state index is 11.9. The van der Waals surface area contributed by atoms with Crippen molar-refractivity contribution in [3.63, 3.8) is 0 Å². The number of hydrogen-bond acceptors (Lipinski definition) is 4.